The maximum absolute atomic E-state index is 12.7. The molecule has 0 unspecified atom stereocenters. The topological polar surface area (TPSA) is 77.5 Å². The fourth-order valence-corrected chi connectivity index (χ4v) is 3.75. The molecule has 1 amide bonds. The number of aliphatic hydroxyl groups is 1. The Bertz CT molecular complexity index is 674. The zero-order chi connectivity index (χ0) is 19.1. The largest absolute Gasteiger partial charge is 0.497 e. The molecular weight excluding hydrogens is 338 g/mol. The van der Waals surface area contributed by atoms with E-state index in [1.165, 1.54) is 0 Å². The Hall–Kier alpha value is -1.83. The molecule has 1 N–H and O–H groups in total. The molecule has 2 aliphatic heterocycles. The van der Waals surface area contributed by atoms with E-state index < -0.39 is 17.8 Å². The van der Waals surface area contributed by atoms with Crippen LogP contribution in [0.4, 0.5) is 0 Å². The SMILES string of the molecule is COc1ccc(CN2C(=O)[C@H]([C@@H](C)O)[C@H]2[C@@H]2COC(C)(C)O2)c(OC)c1. The maximum Gasteiger partial charge on any atom is 0.231 e. The number of amides is 1. The highest BCUT2D eigenvalue weighted by molar-refractivity contribution is 5.87. The smallest absolute Gasteiger partial charge is 0.231 e. The van der Waals surface area contributed by atoms with E-state index in [-0.39, 0.29) is 18.1 Å². The first-order chi connectivity index (χ1) is 12.3. The standard InChI is InChI=1S/C19H27NO6/c1-11(21)16-17(15-10-25-19(2,3)26-15)20(18(16)22)9-12-6-7-13(23-4)8-14(12)24-5/h6-8,11,15-17,21H,9-10H2,1-5H3/t11-,15+,16-,17-/m1/s1. The highest BCUT2D eigenvalue weighted by Gasteiger charge is 2.56. The van der Waals surface area contributed by atoms with Gasteiger partial charge in [-0.3, -0.25) is 4.79 Å². The van der Waals surface area contributed by atoms with Crippen molar-refractivity contribution in [1.82, 2.24) is 4.90 Å². The van der Waals surface area contributed by atoms with Crippen LogP contribution in [0.3, 0.4) is 0 Å². The fraction of sp³-hybridized carbons (Fsp3) is 0.632. The summed E-state index contributed by atoms with van der Waals surface area (Å²) in [6, 6.07) is 5.27. The van der Waals surface area contributed by atoms with Gasteiger partial charge in [0.1, 0.15) is 17.6 Å². The van der Waals surface area contributed by atoms with Crippen LogP contribution >= 0.6 is 0 Å². The minimum absolute atomic E-state index is 0.0869. The molecule has 1 aromatic carbocycles. The second kappa shape index (κ2) is 7.06. The van der Waals surface area contributed by atoms with Gasteiger partial charge in [0.15, 0.2) is 5.79 Å². The summed E-state index contributed by atoms with van der Waals surface area (Å²) in [5.41, 5.74) is 0.869. The number of ether oxygens (including phenoxy) is 4. The molecule has 0 spiro atoms. The van der Waals surface area contributed by atoms with Crippen LogP contribution in [0.15, 0.2) is 18.2 Å². The molecule has 144 valence electrons. The van der Waals surface area contributed by atoms with E-state index in [9.17, 15) is 9.90 Å². The number of hydrogen-bond acceptors (Lipinski definition) is 6. The van der Waals surface area contributed by atoms with Crippen LogP contribution in [0.2, 0.25) is 0 Å². The molecule has 2 fully saturated rings. The molecule has 0 aromatic heterocycles. The number of nitrogens with zero attached hydrogens (tertiary/aromatic N) is 1. The third kappa shape index (κ3) is 3.39. The van der Waals surface area contributed by atoms with E-state index in [1.807, 2.05) is 26.0 Å². The van der Waals surface area contributed by atoms with Gasteiger partial charge in [-0.25, -0.2) is 0 Å². The number of β-lactam (4-membered cyclic amide) rings is 1. The molecule has 2 heterocycles. The van der Waals surface area contributed by atoms with Crippen LogP contribution in [0, 0.1) is 5.92 Å². The summed E-state index contributed by atoms with van der Waals surface area (Å²) >= 11 is 0. The summed E-state index contributed by atoms with van der Waals surface area (Å²) in [6.45, 7) is 6.11. The monoisotopic (exact) mass is 365 g/mol. The lowest BCUT2D eigenvalue weighted by molar-refractivity contribution is -0.188. The predicted octanol–water partition coefficient (Wildman–Crippen LogP) is 1.56. The van der Waals surface area contributed by atoms with Crippen molar-refractivity contribution in [3.8, 4) is 11.5 Å². The molecule has 4 atom stereocenters. The highest BCUT2D eigenvalue weighted by atomic mass is 16.7. The summed E-state index contributed by atoms with van der Waals surface area (Å²) in [4.78, 5) is 14.4. The van der Waals surface area contributed by atoms with E-state index in [1.54, 1.807) is 32.1 Å². The number of methoxy groups -OCH3 is 2. The van der Waals surface area contributed by atoms with Crippen molar-refractivity contribution in [2.45, 2.75) is 51.4 Å². The van der Waals surface area contributed by atoms with Gasteiger partial charge in [0.05, 0.1) is 38.9 Å². The second-order valence-corrected chi connectivity index (χ2v) is 7.27. The summed E-state index contributed by atoms with van der Waals surface area (Å²) in [7, 11) is 3.18. The van der Waals surface area contributed by atoms with Gasteiger partial charge in [0, 0.05) is 18.2 Å². The van der Waals surface area contributed by atoms with Crippen LogP contribution in [-0.2, 0) is 20.8 Å². The number of benzene rings is 1. The Morgan fingerprint density at radius 1 is 1.35 bits per heavy atom. The molecule has 0 aliphatic carbocycles. The van der Waals surface area contributed by atoms with Gasteiger partial charge in [-0.05, 0) is 32.9 Å². The Kier molecular flexibility index (Phi) is 5.14. The molecule has 0 radical (unpaired) electrons. The number of hydrogen-bond donors (Lipinski definition) is 1. The van der Waals surface area contributed by atoms with Crippen molar-refractivity contribution in [2.24, 2.45) is 5.92 Å². The molecule has 26 heavy (non-hydrogen) atoms. The normalized spacial score (nSPS) is 28.6. The van der Waals surface area contributed by atoms with Gasteiger partial charge < -0.3 is 29.0 Å². The Morgan fingerprint density at radius 3 is 2.62 bits per heavy atom. The molecule has 2 aliphatic rings. The fourth-order valence-electron chi connectivity index (χ4n) is 3.75. The first-order valence-electron chi connectivity index (χ1n) is 8.78. The molecule has 0 saturated carbocycles. The van der Waals surface area contributed by atoms with Crippen molar-refractivity contribution in [3.63, 3.8) is 0 Å². The zero-order valence-electron chi connectivity index (χ0n) is 15.9. The molecule has 2 saturated heterocycles. The van der Waals surface area contributed by atoms with Crippen LogP contribution < -0.4 is 9.47 Å². The van der Waals surface area contributed by atoms with Gasteiger partial charge in [-0.15, -0.1) is 0 Å². The van der Waals surface area contributed by atoms with E-state index >= 15 is 0 Å². The molecule has 7 nitrogen and oxygen atoms in total. The lowest BCUT2D eigenvalue weighted by Gasteiger charge is -2.50. The van der Waals surface area contributed by atoms with Crippen LogP contribution in [0.25, 0.3) is 0 Å². The Balaban J connectivity index is 1.83. The first-order valence-corrected chi connectivity index (χ1v) is 8.78. The quantitative estimate of drug-likeness (QED) is 0.771. The van der Waals surface area contributed by atoms with Gasteiger partial charge in [-0.1, -0.05) is 0 Å². The predicted molar refractivity (Wildman–Crippen MR) is 94.0 cm³/mol. The Labute approximate surface area is 153 Å². The van der Waals surface area contributed by atoms with E-state index in [0.717, 1.165) is 5.56 Å². The number of carbonyl (C=O) groups is 1. The molecule has 7 heteroatoms. The third-order valence-corrected chi connectivity index (χ3v) is 5.06. The second-order valence-electron chi connectivity index (χ2n) is 7.27. The zero-order valence-corrected chi connectivity index (χ0v) is 15.9. The number of rotatable bonds is 6. The lowest BCUT2D eigenvalue weighted by atomic mass is 9.79. The van der Waals surface area contributed by atoms with Crippen LogP contribution in [-0.4, -0.2) is 60.8 Å². The van der Waals surface area contributed by atoms with Crippen molar-refractivity contribution < 1.29 is 28.8 Å². The first kappa shape index (κ1) is 18.9. The van der Waals surface area contributed by atoms with E-state index in [2.05, 4.69) is 0 Å². The summed E-state index contributed by atoms with van der Waals surface area (Å²) in [5.74, 6) is 0.0854. The van der Waals surface area contributed by atoms with Gasteiger partial charge >= 0.3 is 0 Å². The van der Waals surface area contributed by atoms with Crippen LogP contribution in [0.1, 0.15) is 26.3 Å². The average molecular weight is 365 g/mol. The molecule has 1 aromatic rings. The van der Waals surface area contributed by atoms with Crippen molar-refractivity contribution in [2.75, 3.05) is 20.8 Å². The number of aliphatic hydroxyl groups excluding tert-OH is 1. The average Bonchev–Trinajstić information content (AvgIpc) is 2.95. The molecular formula is C19H27NO6. The van der Waals surface area contributed by atoms with E-state index in [4.69, 9.17) is 18.9 Å². The number of likely N-dealkylation sites (tertiary alicyclic amines) is 1. The molecule has 3 rings (SSSR count). The van der Waals surface area contributed by atoms with Gasteiger partial charge in [-0.2, -0.15) is 0 Å². The van der Waals surface area contributed by atoms with E-state index in [0.29, 0.717) is 24.7 Å². The third-order valence-electron chi connectivity index (χ3n) is 5.06. The Morgan fingerprint density at radius 2 is 2.08 bits per heavy atom. The highest BCUT2D eigenvalue weighted by Crippen LogP contribution is 2.40. The minimum atomic E-state index is -0.742. The van der Waals surface area contributed by atoms with Gasteiger partial charge in [0.2, 0.25) is 5.91 Å². The lowest BCUT2D eigenvalue weighted by Crippen LogP contribution is -2.68. The minimum Gasteiger partial charge on any atom is -0.497 e. The number of carbonyl (C=O) groups excluding carboxylic acids is 1. The maximum atomic E-state index is 12.7. The van der Waals surface area contributed by atoms with Gasteiger partial charge in [0.25, 0.3) is 0 Å². The van der Waals surface area contributed by atoms with Crippen molar-refractivity contribution in [1.29, 1.82) is 0 Å². The van der Waals surface area contributed by atoms with Crippen molar-refractivity contribution >= 4 is 5.91 Å². The summed E-state index contributed by atoms with van der Waals surface area (Å²) < 4.78 is 22.3. The summed E-state index contributed by atoms with van der Waals surface area (Å²) in [6.07, 6.45) is -1.01. The summed E-state index contributed by atoms with van der Waals surface area (Å²) in [5, 5.41) is 10.1. The van der Waals surface area contributed by atoms with Crippen LogP contribution in [0.5, 0.6) is 11.5 Å². The van der Waals surface area contributed by atoms with Crippen molar-refractivity contribution in [3.05, 3.63) is 23.8 Å². The molecule has 0 bridgehead atoms.